The van der Waals surface area contributed by atoms with Crippen LogP contribution in [-0.4, -0.2) is 43.4 Å². The van der Waals surface area contributed by atoms with Crippen molar-refractivity contribution >= 4 is 23.5 Å². The van der Waals surface area contributed by atoms with E-state index >= 15 is 0 Å². The molecule has 0 bridgehead atoms. The van der Waals surface area contributed by atoms with Crippen molar-refractivity contribution < 1.29 is 14.1 Å². The van der Waals surface area contributed by atoms with Crippen LogP contribution in [-0.2, 0) is 11.2 Å². The molecule has 0 aliphatic carbocycles. The molecule has 140 valence electrons. The van der Waals surface area contributed by atoms with Gasteiger partial charge in [0.1, 0.15) is 11.4 Å². The fourth-order valence-corrected chi connectivity index (χ4v) is 2.94. The van der Waals surface area contributed by atoms with Gasteiger partial charge in [-0.25, -0.2) is 14.8 Å². The highest BCUT2D eigenvalue weighted by molar-refractivity contribution is 7.99. The number of nitrogens with zero attached hydrogens (tertiary/aromatic N) is 5. The number of carbonyl (C=O) groups is 1. The van der Waals surface area contributed by atoms with Gasteiger partial charge < -0.3 is 15.0 Å². The van der Waals surface area contributed by atoms with Gasteiger partial charge >= 0.3 is 5.97 Å². The predicted molar refractivity (Wildman–Crippen MR) is 99.0 cm³/mol. The SMILES string of the molecule is CCOC(=O)c1cnc(SCCCc2nc(-c3ccncc3)no2)nc1N. The summed E-state index contributed by atoms with van der Waals surface area (Å²) in [4.78, 5) is 28.3. The summed E-state index contributed by atoms with van der Waals surface area (Å²) in [6.07, 6.45) is 6.19. The Balaban J connectivity index is 1.49. The molecule has 27 heavy (non-hydrogen) atoms. The van der Waals surface area contributed by atoms with Gasteiger partial charge in [0.05, 0.1) is 6.61 Å². The molecule has 0 spiro atoms. The fraction of sp³-hybridized carbons (Fsp3) is 0.294. The molecule has 3 aromatic heterocycles. The van der Waals surface area contributed by atoms with Crippen molar-refractivity contribution in [1.82, 2.24) is 25.1 Å². The lowest BCUT2D eigenvalue weighted by Crippen LogP contribution is -2.10. The number of thioether (sulfide) groups is 1. The van der Waals surface area contributed by atoms with Gasteiger partial charge in [-0.3, -0.25) is 4.98 Å². The third kappa shape index (κ3) is 5.00. The van der Waals surface area contributed by atoms with E-state index in [1.54, 1.807) is 19.3 Å². The summed E-state index contributed by atoms with van der Waals surface area (Å²) in [6, 6.07) is 3.65. The third-order valence-corrected chi connectivity index (χ3v) is 4.41. The van der Waals surface area contributed by atoms with Crippen molar-refractivity contribution in [2.24, 2.45) is 0 Å². The molecule has 0 radical (unpaired) electrons. The summed E-state index contributed by atoms with van der Waals surface area (Å²) in [5.74, 6) is 1.45. The number of aryl methyl sites for hydroxylation is 1. The molecular weight excluding hydrogens is 368 g/mol. The van der Waals surface area contributed by atoms with Crippen LogP contribution in [0.15, 0.2) is 40.4 Å². The zero-order valence-electron chi connectivity index (χ0n) is 14.7. The van der Waals surface area contributed by atoms with Crippen LogP contribution < -0.4 is 5.73 Å². The Kier molecular flexibility index (Phi) is 6.31. The van der Waals surface area contributed by atoms with Gasteiger partial charge in [-0.2, -0.15) is 4.98 Å². The maximum absolute atomic E-state index is 11.7. The molecule has 0 saturated heterocycles. The maximum atomic E-state index is 11.7. The quantitative estimate of drug-likeness (QED) is 0.266. The second-order valence-corrected chi connectivity index (χ2v) is 6.43. The first-order valence-corrected chi connectivity index (χ1v) is 9.31. The van der Waals surface area contributed by atoms with E-state index in [2.05, 4.69) is 25.1 Å². The molecule has 0 atom stereocenters. The lowest BCUT2D eigenvalue weighted by Gasteiger charge is -2.05. The number of aromatic nitrogens is 5. The molecule has 3 rings (SSSR count). The third-order valence-electron chi connectivity index (χ3n) is 3.46. The molecule has 9 nitrogen and oxygen atoms in total. The second-order valence-electron chi connectivity index (χ2n) is 5.37. The number of carbonyl (C=O) groups excluding carboxylic acids is 1. The van der Waals surface area contributed by atoms with Gasteiger partial charge in [-0.15, -0.1) is 0 Å². The molecule has 0 fully saturated rings. The van der Waals surface area contributed by atoms with E-state index in [0.717, 1.165) is 17.7 Å². The second kappa shape index (κ2) is 9.08. The molecule has 0 saturated carbocycles. The maximum Gasteiger partial charge on any atom is 0.343 e. The van der Waals surface area contributed by atoms with E-state index in [9.17, 15) is 4.79 Å². The monoisotopic (exact) mass is 386 g/mol. The van der Waals surface area contributed by atoms with E-state index in [-0.39, 0.29) is 18.0 Å². The Hall–Kier alpha value is -3.01. The first-order valence-electron chi connectivity index (χ1n) is 8.32. The first kappa shape index (κ1) is 18.8. The van der Waals surface area contributed by atoms with Crippen LogP contribution in [0.3, 0.4) is 0 Å². The highest BCUT2D eigenvalue weighted by Gasteiger charge is 2.14. The lowest BCUT2D eigenvalue weighted by molar-refractivity contribution is 0.0526. The topological polar surface area (TPSA) is 130 Å². The van der Waals surface area contributed by atoms with E-state index < -0.39 is 5.97 Å². The molecule has 0 aliphatic rings. The highest BCUT2D eigenvalue weighted by Crippen LogP contribution is 2.19. The largest absolute Gasteiger partial charge is 0.462 e. The van der Waals surface area contributed by atoms with Crippen LogP contribution in [0.4, 0.5) is 5.82 Å². The average molecular weight is 386 g/mol. The van der Waals surface area contributed by atoms with E-state index in [0.29, 0.717) is 23.3 Å². The zero-order valence-corrected chi connectivity index (χ0v) is 15.5. The minimum Gasteiger partial charge on any atom is -0.462 e. The van der Waals surface area contributed by atoms with Crippen LogP contribution in [0.25, 0.3) is 11.4 Å². The molecule has 0 unspecified atom stereocenters. The number of nitrogen functional groups attached to an aromatic ring is 1. The van der Waals surface area contributed by atoms with Crippen molar-refractivity contribution in [2.45, 2.75) is 24.9 Å². The zero-order chi connectivity index (χ0) is 19.1. The number of rotatable bonds is 8. The van der Waals surface area contributed by atoms with Gasteiger partial charge in [-0.05, 0) is 25.5 Å². The summed E-state index contributed by atoms with van der Waals surface area (Å²) in [5.41, 5.74) is 6.84. The molecule has 3 heterocycles. The average Bonchev–Trinajstić information content (AvgIpc) is 3.15. The molecule has 0 aliphatic heterocycles. The van der Waals surface area contributed by atoms with Gasteiger partial charge in [0.2, 0.25) is 11.7 Å². The minimum absolute atomic E-state index is 0.116. The van der Waals surface area contributed by atoms with Crippen LogP contribution in [0.5, 0.6) is 0 Å². The number of esters is 1. The summed E-state index contributed by atoms with van der Waals surface area (Å²) >= 11 is 1.44. The number of pyridine rings is 1. The molecule has 0 amide bonds. The number of hydrogen-bond donors (Lipinski definition) is 1. The summed E-state index contributed by atoms with van der Waals surface area (Å²) in [7, 11) is 0. The minimum atomic E-state index is -0.520. The number of ether oxygens (including phenoxy) is 1. The highest BCUT2D eigenvalue weighted by atomic mass is 32.2. The normalized spacial score (nSPS) is 10.7. The Morgan fingerprint density at radius 1 is 1.30 bits per heavy atom. The molecule has 3 aromatic rings. The Morgan fingerprint density at radius 2 is 2.11 bits per heavy atom. The Labute approximate surface area is 159 Å². The van der Waals surface area contributed by atoms with Crippen molar-refractivity contribution in [3.63, 3.8) is 0 Å². The Morgan fingerprint density at radius 3 is 2.85 bits per heavy atom. The standard InChI is InChI=1S/C17H18N6O3S/c1-2-25-16(24)12-10-20-17(22-14(12)18)27-9-3-4-13-21-15(23-26-13)11-5-7-19-8-6-11/h5-8,10H,2-4,9H2,1H3,(H2,18,20,22). The number of hydrogen-bond acceptors (Lipinski definition) is 10. The van der Waals surface area contributed by atoms with Crippen molar-refractivity contribution in [2.75, 3.05) is 18.1 Å². The smallest absolute Gasteiger partial charge is 0.343 e. The predicted octanol–water partition coefficient (Wildman–Crippen LogP) is 2.41. The van der Waals surface area contributed by atoms with E-state index in [1.165, 1.54) is 18.0 Å². The van der Waals surface area contributed by atoms with E-state index in [4.69, 9.17) is 15.0 Å². The van der Waals surface area contributed by atoms with Gasteiger partial charge in [0, 0.05) is 36.3 Å². The first-order chi connectivity index (χ1) is 13.2. The molecule has 10 heteroatoms. The van der Waals surface area contributed by atoms with Crippen LogP contribution in [0.2, 0.25) is 0 Å². The summed E-state index contributed by atoms with van der Waals surface area (Å²) < 4.78 is 10.2. The van der Waals surface area contributed by atoms with Crippen LogP contribution in [0.1, 0.15) is 29.6 Å². The molecule has 0 aromatic carbocycles. The van der Waals surface area contributed by atoms with Gasteiger partial charge in [0.25, 0.3) is 0 Å². The van der Waals surface area contributed by atoms with Gasteiger partial charge in [0.15, 0.2) is 5.16 Å². The fourth-order valence-electron chi connectivity index (χ4n) is 2.18. The summed E-state index contributed by atoms with van der Waals surface area (Å²) in [5, 5.41) is 4.47. The van der Waals surface area contributed by atoms with Crippen molar-refractivity contribution in [3.8, 4) is 11.4 Å². The Bertz CT molecular complexity index is 903. The molecule has 2 N–H and O–H groups in total. The number of nitrogens with two attached hydrogens (primary N) is 1. The van der Waals surface area contributed by atoms with Crippen molar-refractivity contribution in [1.29, 1.82) is 0 Å². The van der Waals surface area contributed by atoms with Crippen LogP contribution >= 0.6 is 11.8 Å². The molecular formula is C17H18N6O3S. The number of anilines is 1. The summed E-state index contributed by atoms with van der Waals surface area (Å²) in [6.45, 7) is 2.00. The lowest BCUT2D eigenvalue weighted by atomic mass is 10.2. The van der Waals surface area contributed by atoms with Gasteiger partial charge in [-0.1, -0.05) is 16.9 Å². The van der Waals surface area contributed by atoms with Crippen LogP contribution in [0, 0.1) is 0 Å². The van der Waals surface area contributed by atoms with Crippen molar-refractivity contribution in [3.05, 3.63) is 42.2 Å². The van der Waals surface area contributed by atoms with E-state index in [1.807, 2.05) is 12.1 Å².